The number of hydrazine groups is 1. The number of aromatic nitrogens is 2. The molecule has 0 radical (unpaired) electrons. The topological polar surface area (TPSA) is 157 Å². The van der Waals surface area contributed by atoms with Crippen LogP contribution in [0.25, 0.3) is 0 Å². The van der Waals surface area contributed by atoms with Gasteiger partial charge in [0.05, 0.1) is 36.5 Å². The fraction of sp³-hybridized carbons (Fsp3) is 0.485. The highest BCUT2D eigenvalue weighted by Gasteiger charge is 2.44. The molecular formula is C33H44N6O5S. The minimum atomic E-state index is -1.56. The number of hydrogen-bond donors (Lipinski definition) is 3. The van der Waals surface area contributed by atoms with Crippen LogP contribution in [0, 0.1) is 26.2 Å². The monoisotopic (exact) mass is 636 g/mol. The Kier molecular flexibility index (Phi) is 9.23. The van der Waals surface area contributed by atoms with Crippen LogP contribution in [-0.2, 0) is 27.1 Å². The normalized spacial score (nSPS) is 19.0. The number of carboxylic acid groups (broad SMARTS) is 1. The van der Waals surface area contributed by atoms with Gasteiger partial charge in [-0.3, -0.25) is 9.78 Å². The summed E-state index contributed by atoms with van der Waals surface area (Å²) in [5.41, 5.74) is 10.7. The van der Waals surface area contributed by atoms with E-state index >= 15 is 0 Å². The summed E-state index contributed by atoms with van der Waals surface area (Å²) in [5, 5.41) is 12.0. The van der Waals surface area contributed by atoms with Gasteiger partial charge in [0.15, 0.2) is 0 Å². The summed E-state index contributed by atoms with van der Waals surface area (Å²) >= 11 is 0. The molecule has 0 aliphatic carbocycles. The number of aliphatic carboxylic acids is 1. The first-order valence-electron chi connectivity index (χ1n) is 15.3. The minimum absolute atomic E-state index is 0.317. The third kappa shape index (κ3) is 6.29. The summed E-state index contributed by atoms with van der Waals surface area (Å²) in [4.78, 5) is 22.5. The maximum Gasteiger partial charge on any atom is 0.310 e. The zero-order valence-electron chi connectivity index (χ0n) is 26.9. The molecule has 12 heteroatoms. The van der Waals surface area contributed by atoms with Crippen molar-refractivity contribution in [2.45, 2.75) is 77.3 Å². The maximum atomic E-state index is 14.2. The smallest absolute Gasteiger partial charge is 0.310 e. The molecule has 45 heavy (non-hydrogen) atoms. The van der Waals surface area contributed by atoms with Crippen LogP contribution in [-0.4, -0.2) is 61.5 Å². The second kappa shape index (κ2) is 12.7. The number of aryl methyl sites for hydroxylation is 2. The highest BCUT2D eigenvalue weighted by molar-refractivity contribution is 7.82. The van der Waals surface area contributed by atoms with Gasteiger partial charge in [0.2, 0.25) is 5.88 Å². The van der Waals surface area contributed by atoms with Crippen LogP contribution in [0.2, 0.25) is 0 Å². The molecule has 0 saturated carbocycles. The number of carbonyl (C=O) groups is 1. The fourth-order valence-corrected chi connectivity index (χ4v) is 7.70. The van der Waals surface area contributed by atoms with Crippen molar-refractivity contribution in [1.82, 2.24) is 14.3 Å². The van der Waals surface area contributed by atoms with E-state index in [1.807, 2.05) is 56.3 Å². The molecule has 5 rings (SSSR count). The van der Waals surface area contributed by atoms with Gasteiger partial charge in [0, 0.05) is 49.9 Å². The van der Waals surface area contributed by atoms with Gasteiger partial charge in [-0.05, 0) is 81.5 Å². The number of benzene rings is 1. The van der Waals surface area contributed by atoms with E-state index in [1.54, 1.807) is 31.3 Å². The average Bonchev–Trinajstić information content (AvgIpc) is 3.10. The van der Waals surface area contributed by atoms with Crippen LogP contribution in [0.15, 0.2) is 41.6 Å². The lowest BCUT2D eigenvalue weighted by Crippen LogP contribution is -2.49. The molecule has 2 aliphatic rings. The Morgan fingerprint density at radius 2 is 1.89 bits per heavy atom. The van der Waals surface area contributed by atoms with Crippen molar-refractivity contribution < 1.29 is 23.6 Å². The van der Waals surface area contributed by atoms with Crippen molar-refractivity contribution in [3.05, 3.63) is 70.2 Å². The zero-order valence-corrected chi connectivity index (χ0v) is 27.7. The Morgan fingerprint density at radius 3 is 2.56 bits per heavy atom. The standard InChI is InChI=1S/C33H44N6O5S/c1-7-39(35)26-9-8-25(21(3)29(26)34)28(32(5,6)31(40)41)23-15-24(22(4)36-17-23)18-38-19-33(10-12-43-13-11-33)44-30-27(45(38)42)14-20(2)16-37-30/h8-9,14-17,28H,7,10-13,18-19,34-35H2,1-6H3,(H,40,41). The first-order valence-corrected chi connectivity index (χ1v) is 16.4. The number of nitrogen functional groups attached to an aromatic ring is 1. The van der Waals surface area contributed by atoms with Gasteiger partial charge in [-0.1, -0.05) is 12.1 Å². The highest BCUT2D eigenvalue weighted by atomic mass is 32.2. The van der Waals surface area contributed by atoms with Crippen molar-refractivity contribution in [2.24, 2.45) is 11.3 Å². The Labute approximate surface area is 267 Å². The van der Waals surface area contributed by atoms with E-state index in [4.69, 9.17) is 26.0 Å². The molecule has 2 atom stereocenters. The van der Waals surface area contributed by atoms with E-state index in [0.717, 1.165) is 33.5 Å². The first kappa shape index (κ1) is 32.8. The van der Waals surface area contributed by atoms with Gasteiger partial charge >= 0.3 is 5.97 Å². The van der Waals surface area contributed by atoms with Crippen molar-refractivity contribution in [3.63, 3.8) is 0 Å². The van der Waals surface area contributed by atoms with Gasteiger partial charge in [-0.25, -0.2) is 19.3 Å². The Bertz CT molecular complexity index is 1620. The van der Waals surface area contributed by atoms with E-state index in [9.17, 15) is 14.1 Å². The van der Waals surface area contributed by atoms with Crippen molar-refractivity contribution >= 4 is 28.3 Å². The molecule has 5 N–H and O–H groups in total. The molecule has 1 aromatic carbocycles. The number of anilines is 2. The molecule has 1 spiro atoms. The summed E-state index contributed by atoms with van der Waals surface area (Å²) in [7, 11) is -1.56. The highest BCUT2D eigenvalue weighted by Crippen LogP contribution is 2.45. The summed E-state index contributed by atoms with van der Waals surface area (Å²) < 4.78 is 28.3. The van der Waals surface area contributed by atoms with Gasteiger partial charge < -0.3 is 25.3 Å². The molecule has 2 unspecified atom stereocenters. The van der Waals surface area contributed by atoms with Gasteiger partial charge in [-0.2, -0.15) is 0 Å². The third-order valence-corrected chi connectivity index (χ3v) is 10.6. The van der Waals surface area contributed by atoms with Crippen molar-refractivity contribution in [1.29, 1.82) is 0 Å². The molecule has 11 nitrogen and oxygen atoms in total. The molecule has 3 aromatic rings. The molecule has 2 aromatic heterocycles. The summed E-state index contributed by atoms with van der Waals surface area (Å²) in [5.74, 6) is 5.04. The second-order valence-electron chi connectivity index (χ2n) is 12.7. The van der Waals surface area contributed by atoms with Crippen LogP contribution < -0.4 is 21.3 Å². The molecule has 2 aliphatic heterocycles. The molecule has 4 heterocycles. The number of rotatable bonds is 8. The van der Waals surface area contributed by atoms with E-state index in [-0.39, 0.29) is 0 Å². The van der Waals surface area contributed by atoms with Crippen LogP contribution in [0.3, 0.4) is 0 Å². The molecule has 0 bridgehead atoms. The summed E-state index contributed by atoms with van der Waals surface area (Å²) in [6.45, 7) is 13.5. The maximum absolute atomic E-state index is 14.2. The number of ether oxygens (including phenoxy) is 2. The van der Waals surface area contributed by atoms with Crippen molar-refractivity contribution in [2.75, 3.05) is 37.0 Å². The largest absolute Gasteiger partial charge is 0.481 e. The Hall–Kier alpha value is -3.58. The van der Waals surface area contributed by atoms with Gasteiger partial charge in [-0.15, -0.1) is 0 Å². The van der Waals surface area contributed by atoms with E-state index < -0.39 is 33.9 Å². The lowest BCUT2D eigenvalue weighted by atomic mass is 9.70. The quantitative estimate of drug-likeness (QED) is 0.184. The molecule has 1 saturated heterocycles. The van der Waals surface area contributed by atoms with E-state index in [2.05, 4.69) is 4.98 Å². The molecular weight excluding hydrogens is 592 g/mol. The van der Waals surface area contributed by atoms with E-state index in [1.165, 1.54) is 0 Å². The lowest BCUT2D eigenvalue weighted by Gasteiger charge is -2.38. The minimum Gasteiger partial charge on any atom is -0.481 e. The van der Waals surface area contributed by atoms with Gasteiger partial charge in [0.25, 0.3) is 0 Å². The number of nitrogens with two attached hydrogens (primary N) is 2. The third-order valence-electron chi connectivity index (χ3n) is 9.22. The van der Waals surface area contributed by atoms with Crippen molar-refractivity contribution in [3.8, 4) is 5.88 Å². The SMILES string of the molecule is CCN(N)c1ccc(C(c2cnc(C)c(CN3CC4(CCOCC4)Oc4ncc(C)cc4S3=O)c2)C(C)(C)C(=O)O)c(C)c1N. The van der Waals surface area contributed by atoms with Crippen LogP contribution in [0.1, 0.15) is 73.0 Å². The summed E-state index contributed by atoms with van der Waals surface area (Å²) in [6, 6.07) is 7.62. The number of nitrogens with zero attached hydrogens (tertiary/aromatic N) is 4. The zero-order chi connectivity index (χ0) is 32.7. The average molecular weight is 637 g/mol. The van der Waals surface area contributed by atoms with Gasteiger partial charge in [0.1, 0.15) is 21.5 Å². The number of pyridine rings is 2. The van der Waals surface area contributed by atoms with Crippen LogP contribution >= 0.6 is 0 Å². The first-order chi connectivity index (χ1) is 21.3. The number of carboxylic acids is 1. The van der Waals surface area contributed by atoms with Crippen LogP contribution in [0.5, 0.6) is 5.88 Å². The number of hydrogen-bond acceptors (Lipinski definition) is 9. The van der Waals surface area contributed by atoms with Crippen LogP contribution in [0.4, 0.5) is 11.4 Å². The van der Waals surface area contributed by atoms with E-state index in [0.29, 0.717) is 67.8 Å². The Balaban J connectivity index is 1.59. The molecule has 0 amide bonds. The lowest BCUT2D eigenvalue weighted by molar-refractivity contribution is -0.147. The fourth-order valence-electron chi connectivity index (χ4n) is 6.28. The number of fused-ring (bicyclic) bond motifs is 1. The summed E-state index contributed by atoms with van der Waals surface area (Å²) in [6.07, 6.45) is 4.77. The second-order valence-corrected chi connectivity index (χ2v) is 14.2. The molecule has 242 valence electrons. The predicted octanol–water partition coefficient (Wildman–Crippen LogP) is 4.39. The predicted molar refractivity (Wildman–Crippen MR) is 174 cm³/mol. The Morgan fingerprint density at radius 1 is 1.18 bits per heavy atom. The molecule has 1 fully saturated rings.